The quantitative estimate of drug-likeness (QED) is 0.0297. The lowest BCUT2D eigenvalue weighted by molar-refractivity contribution is -0.144. The van der Waals surface area contributed by atoms with E-state index in [9.17, 15) is 91.4 Å². The molecule has 17 amide bonds. The standard InChI is InChI=1S/C48H74N18O19/c1-19(56-39(75)23(14-32(51)68)59-42(78)28-7-4-10-64(28)45(81)22(49)13-31(50)67)37(73)62-26(17-35(54)71)46(82)65-11-5-8-29(65)43(79)60-24(15-33(52)69)40(76)57-20(2)38(74)63-27(18-36(55)72)47(83)66-12-6-9-30(66)44(80)61-25(16-34(53)70)41(77)58-21(3)48(84)85/h19-30H,4-18,49H2,1-3H3,(H2,50,67)(H2,51,68)(H2,52,69)(H2,53,70)(H2,54,71)(H2,55,72)(H,56,75)(H,57,76)(H,58,77)(H,59,78)(H,60,79)(H,61,80)(H,62,73)(H,63,74)(H,84,85). The van der Waals surface area contributed by atoms with Crippen LogP contribution < -0.4 is 82.7 Å². The number of nitrogens with two attached hydrogens (primary N) is 7. The van der Waals surface area contributed by atoms with Crippen molar-refractivity contribution in [1.29, 1.82) is 0 Å². The summed E-state index contributed by atoms with van der Waals surface area (Å²) in [5.41, 5.74) is 37.7. The second kappa shape index (κ2) is 31.7. The van der Waals surface area contributed by atoms with Crippen LogP contribution in [0.2, 0.25) is 0 Å². The van der Waals surface area contributed by atoms with Gasteiger partial charge in [0.2, 0.25) is 100 Å². The van der Waals surface area contributed by atoms with Gasteiger partial charge in [-0.25, -0.2) is 0 Å². The molecule has 0 aromatic carbocycles. The second-order valence-electron chi connectivity index (χ2n) is 20.5. The minimum atomic E-state index is -1.85. The molecule has 0 saturated carbocycles. The van der Waals surface area contributed by atoms with Gasteiger partial charge in [-0.15, -0.1) is 0 Å². The number of aliphatic carboxylic acids is 1. The summed E-state index contributed by atoms with van der Waals surface area (Å²) < 4.78 is 0. The van der Waals surface area contributed by atoms with E-state index in [4.69, 9.17) is 40.1 Å². The molecule has 3 rings (SSSR count). The summed E-state index contributed by atoms with van der Waals surface area (Å²) in [5, 5.41) is 27.2. The zero-order valence-electron chi connectivity index (χ0n) is 46.7. The Morgan fingerprint density at radius 2 is 0.624 bits per heavy atom. The first-order chi connectivity index (χ1) is 39.6. The summed E-state index contributed by atoms with van der Waals surface area (Å²) in [6.45, 7) is 3.08. The van der Waals surface area contributed by atoms with Crippen LogP contribution in [0, 0.1) is 0 Å². The monoisotopic (exact) mass is 1210 g/mol. The fraction of sp³-hybridized carbons (Fsp3) is 0.625. The van der Waals surface area contributed by atoms with Crippen LogP contribution in [-0.2, 0) is 86.3 Å². The summed E-state index contributed by atoms with van der Waals surface area (Å²) in [5.74, 6) is -19.3. The van der Waals surface area contributed by atoms with Crippen LogP contribution in [-0.4, -0.2) is 218 Å². The van der Waals surface area contributed by atoms with Crippen molar-refractivity contribution < 1.29 is 91.4 Å². The molecule has 0 spiro atoms. The third-order valence-corrected chi connectivity index (χ3v) is 13.6. The van der Waals surface area contributed by atoms with Crippen LogP contribution in [0.25, 0.3) is 0 Å². The molecule has 470 valence electrons. The fourth-order valence-electron chi connectivity index (χ4n) is 9.39. The van der Waals surface area contributed by atoms with Crippen LogP contribution in [0.1, 0.15) is 97.8 Å². The molecule has 3 aliphatic rings. The van der Waals surface area contributed by atoms with Gasteiger partial charge in [-0.1, -0.05) is 0 Å². The van der Waals surface area contributed by atoms with Gasteiger partial charge in [0.15, 0.2) is 0 Å². The Labute approximate surface area is 484 Å². The normalized spacial score (nSPS) is 19.5. The smallest absolute Gasteiger partial charge is 0.325 e. The third-order valence-electron chi connectivity index (χ3n) is 13.6. The number of carbonyl (C=O) groups is 18. The van der Waals surface area contributed by atoms with E-state index in [-0.39, 0.29) is 51.7 Å². The number of rotatable bonds is 32. The zero-order valence-corrected chi connectivity index (χ0v) is 46.7. The molecule has 0 aliphatic carbocycles. The van der Waals surface area contributed by atoms with Crippen molar-refractivity contribution in [1.82, 2.24) is 57.2 Å². The second-order valence-corrected chi connectivity index (χ2v) is 20.5. The highest BCUT2D eigenvalue weighted by Gasteiger charge is 2.44. The van der Waals surface area contributed by atoms with Crippen molar-refractivity contribution in [2.75, 3.05) is 19.6 Å². The van der Waals surface area contributed by atoms with Crippen molar-refractivity contribution in [3.63, 3.8) is 0 Å². The van der Waals surface area contributed by atoms with Gasteiger partial charge in [0.05, 0.1) is 44.6 Å². The van der Waals surface area contributed by atoms with Gasteiger partial charge in [0, 0.05) is 19.6 Å². The predicted octanol–water partition coefficient (Wildman–Crippen LogP) is -11.4. The molecule has 3 aliphatic heterocycles. The number of primary amides is 6. The maximum absolute atomic E-state index is 14.1. The van der Waals surface area contributed by atoms with Gasteiger partial charge in [0.25, 0.3) is 0 Å². The Bertz CT molecular complexity index is 2670. The summed E-state index contributed by atoms with van der Waals surface area (Å²) in [6.07, 6.45) is -4.06. The highest BCUT2D eigenvalue weighted by Crippen LogP contribution is 2.23. The van der Waals surface area contributed by atoms with E-state index in [1.54, 1.807) is 0 Å². The van der Waals surface area contributed by atoms with Crippen LogP contribution in [0.15, 0.2) is 0 Å². The molecule has 0 aromatic rings. The summed E-state index contributed by atoms with van der Waals surface area (Å²) in [7, 11) is 0. The maximum Gasteiger partial charge on any atom is 0.325 e. The molecule has 0 radical (unpaired) electrons. The van der Waals surface area contributed by atoms with Gasteiger partial charge in [-0.3, -0.25) is 86.3 Å². The number of hydrogen-bond acceptors (Lipinski definition) is 19. The minimum absolute atomic E-state index is 0.0237. The Morgan fingerprint density at radius 3 is 0.894 bits per heavy atom. The third kappa shape index (κ3) is 21.0. The number of nitrogens with one attached hydrogen (secondary N) is 8. The van der Waals surface area contributed by atoms with Crippen LogP contribution in [0.5, 0.6) is 0 Å². The maximum atomic E-state index is 14.1. The topological polar surface area (TPSA) is 616 Å². The molecule has 37 heteroatoms. The average molecular weight is 1210 g/mol. The van der Waals surface area contributed by atoms with Gasteiger partial charge < -0.3 is 102 Å². The highest BCUT2D eigenvalue weighted by molar-refractivity contribution is 6.02. The molecular weight excluding hydrogens is 1130 g/mol. The summed E-state index contributed by atoms with van der Waals surface area (Å²) >= 11 is 0. The van der Waals surface area contributed by atoms with Crippen LogP contribution >= 0.6 is 0 Å². The highest BCUT2D eigenvalue weighted by atomic mass is 16.4. The lowest BCUT2D eigenvalue weighted by Crippen LogP contribution is -2.60. The number of hydrogen-bond donors (Lipinski definition) is 16. The molecule has 85 heavy (non-hydrogen) atoms. The molecule has 3 fully saturated rings. The molecule has 3 saturated heterocycles. The van der Waals surface area contributed by atoms with Gasteiger partial charge >= 0.3 is 5.97 Å². The summed E-state index contributed by atoms with van der Waals surface area (Å²) in [4.78, 5) is 235. The van der Waals surface area contributed by atoms with E-state index in [1.807, 2.05) is 0 Å². The fourth-order valence-corrected chi connectivity index (χ4v) is 9.39. The van der Waals surface area contributed by atoms with Gasteiger partial charge in [0.1, 0.15) is 66.5 Å². The molecule has 3 heterocycles. The van der Waals surface area contributed by atoms with Crippen LogP contribution in [0.4, 0.5) is 0 Å². The van der Waals surface area contributed by atoms with E-state index < -0.39 is 217 Å². The SMILES string of the molecule is CC(NC(=O)C(CC(N)=O)NC(=O)C1CCCN1C(=O)C(CC(N)=O)NC(=O)C(C)NC(=O)C(CC(N)=O)NC(=O)C1CCCN1C(=O)C(CC(N)=O)NC(=O)C(C)NC(=O)C(CC(N)=O)NC(=O)C1CCCN1C(=O)C(N)CC(N)=O)C(=O)O. The molecule has 12 unspecified atom stereocenters. The number of carbonyl (C=O) groups excluding carboxylic acids is 17. The first-order valence-electron chi connectivity index (χ1n) is 26.7. The lowest BCUT2D eigenvalue weighted by Gasteiger charge is -2.30. The Hall–Kier alpha value is -9.58. The molecule has 0 aromatic heterocycles. The molecule has 0 bridgehead atoms. The van der Waals surface area contributed by atoms with E-state index in [0.29, 0.717) is 6.42 Å². The van der Waals surface area contributed by atoms with Crippen LogP contribution in [0.3, 0.4) is 0 Å². The largest absolute Gasteiger partial charge is 0.480 e. The lowest BCUT2D eigenvalue weighted by atomic mass is 10.1. The number of carboxylic acid groups (broad SMARTS) is 1. The molecular formula is C48H74N18O19. The molecule has 23 N–H and O–H groups in total. The predicted molar refractivity (Wildman–Crippen MR) is 285 cm³/mol. The average Bonchev–Trinajstić information content (AvgIpc) is 2.83. The first-order valence-corrected chi connectivity index (χ1v) is 26.7. The van der Waals surface area contributed by atoms with E-state index in [2.05, 4.69) is 42.5 Å². The van der Waals surface area contributed by atoms with Gasteiger partial charge in [-0.2, -0.15) is 0 Å². The number of nitrogens with zero attached hydrogens (tertiary/aromatic N) is 3. The summed E-state index contributed by atoms with van der Waals surface area (Å²) in [6, 6.07) is -18.9. The van der Waals surface area contributed by atoms with Crippen molar-refractivity contribution in [3.8, 4) is 0 Å². The van der Waals surface area contributed by atoms with E-state index in [0.717, 1.165) is 35.5 Å². The van der Waals surface area contributed by atoms with Crippen molar-refractivity contribution in [3.05, 3.63) is 0 Å². The number of carboxylic acids is 1. The number of amides is 17. The van der Waals surface area contributed by atoms with E-state index in [1.165, 1.54) is 0 Å². The molecule has 37 nitrogen and oxygen atoms in total. The number of likely N-dealkylation sites (tertiary alicyclic amines) is 3. The van der Waals surface area contributed by atoms with Crippen molar-refractivity contribution in [2.24, 2.45) is 40.1 Å². The molecule has 12 atom stereocenters. The Balaban J connectivity index is 1.72. The Morgan fingerprint density at radius 1 is 0.365 bits per heavy atom. The van der Waals surface area contributed by atoms with Gasteiger partial charge in [-0.05, 0) is 59.3 Å². The van der Waals surface area contributed by atoms with Crippen molar-refractivity contribution in [2.45, 2.75) is 170 Å². The minimum Gasteiger partial charge on any atom is -0.480 e. The Kier molecular flexibility index (Phi) is 26.0. The van der Waals surface area contributed by atoms with E-state index >= 15 is 0 Å². The first kappa shape index (κ1) is 69.7. The van der Waals surface area contributed by atoms with Crippen molar-refractivity contribution >= 4 is 106 Å². The zero-order chi connectivity index (χ0) is 64.3.